The number of thioether (sulfide) groups is 1. The maximum Gasteiger partial charge on any atom is 0.573 e. The van der Waals surface area contributed by atoms with Crippen LogP contribution in [-0.2, 0) is 6.54 Å². The molecule has 1 aliphatic carbocycles. The van der Waals surface area contributed by atoms with E-state index in [1.165, 1.54) is 54.5 Å². The Kier molecular flexibility index (Phi) is 9.63. The minimum absolute atomic E-state index is 0.306. The highest BCUT2D eigenvalue weighted by atomic mass is 32.2. The summed E-state index contributed by atoms with van der Waals surface area (Å²) in [5.74, 6) is 2.33. The predicted octanol–water partition coefficient (Wildman–Crippen LogP) is 7.44. The number of ether oxygens (including phenoxy) is 1. The Morgan fingerprint density at radius 2 is 1.81 bits per heavy atom. The van der Waals surface area contributed by atoms with Gasteiger partial charge in [-0.25, -0.2) is 14.5 Å². The number of urea groups is 1. The first-order chi connectivity index (χ1) is 20.6. The Hall–Kier alpha value is -3.54. The van der Waals surface area contributed by atoms with E-state index >= 15 is 0 Å². The molecule has 1 saturated heterocycles. The van der Waals surface area contributed by atoms with Crippen molar-refractivity contribution >= 4 is 23.0 Å². The first-order valence-electron chi connectivity index (χ1n) is 14.7. The van der Waals surface area contributed by atoms with E-state index in [0.29, 0.717) is 42.0 Å². The summed E-state index contributed by atoms with van der Waals surface area (Å²) in [6, 6.07) is 13.4. The number of halogens is 3. The molecule has 2 aliphatic rings. The highest BCUT2D eigenvalue weighted by molar-refractivity contribution is 8.13. The zero-order valence-electron chi connectivity index (χ0n) is 24.6. The second-order valence-corrected chi connectivity index (χ2v) is 12.5. The van der Waals surface area contributed by atoms with Crippen molar-refractivity contribution in [2.75, 3.05) is 5.75 Å². The summed E-state index contributed by atoms with van der Waals surface area (Å²) in [6.45, 7) is 7.20. The van der Waals surface area contributed by atoms with E-state index in [0.717, 1.165) is 34.9 Å². The monoisotopic (exact) mass is 614 g/mol. The van der Waals surface area contributed by atoms with Gasteiger partial charge in [0.15, 0.2) is 11.0 Å². The molecule has 1 aliphatic heterocycles. The van der Waals surface area contributed by atoms with Crippen molar-refractivity contribution in [3.8, 4) is 22.8 Å². The lowest BCUT2D eigenvalue weighted by atomic mass is 9.76. The molecular formula is C31H37F3N6O2S. The number of nitrogens with one attached hydrogen (secondary N) is 1. The van der Waals surface area contributed by atoms with Gasteiger partial charge in [0, 0.05) is 29.9 Å². The summed E-state index contributed by atoms with van der Waals surface area (Å²) in [4.78, 5) is 24.2. The predicted molar refractivity (Wildman–Crippen MR) is 162 cm³/mol. The van der Waals surface area contributed by atoms with Crippen LogP contribution < -0.4 is 10.1 Å². The molecule has 5 rings (SSSR count). The van der Waals surface area contributed by atoms with Crippen LogP contribution in [0.25, 0.3) is 17.1 Å². The first kappa shape index (κ1) is 30.9. The Bertz CT molecular complexity index is 1410. The number of amidine groups is 1. The molecule has 1 saturated carbocycles. The Labute approximate surface area is 254 Å². The van der Waals surface area contributed by atoms with Crippen molar-refractivity contribution in [1.82, 2.24) is 25.0 Å². The SMILES string of the molecule is CC(C)C1CCCCC1N1/C(=N/C(=O)NCc2ccc(-c3ncn(-c4ccc(OC(F)(F)F)cc4)n3)cc2)SCCC1C. The molecule has 1 N–H and O–H groups in total. The van der Waals surface area contributed by atoms with Crippen molar-refractivity contribution in [3.05, 3.63) is 60.4 Å². The number of carbonyl (C=O) groups excluding carboxylic acids is 1. The molecule has 0 bridgehead atoms. The van der Waals surface area contributed by atoms with Gasteiger partial charge >= 0.3 is 12.4 Å². The average Bonchev–Trinajstić information content (AvgIpc) is 3.46. The summed E-state index contributed by atoms with van der Waals surface area (Å²) in [5.41, 5.74) is 2.22. The fourth-order valence-corrected chi connectivity index (χ4v) is 7.19. The molecule has 2 fully saturated rings. The molecule has 43 heavy (non-hydrogen) atoms. The van der Waals surface area contributed by atoms with Gasteiger partial charge in [-0.05, 0) is 67.9 Å². The minimum atomic E-state index is -4.75. The number of benzene rings is 2. The second kappa shape index (κ2) is 13.4. The zero-order chi connectivity index (χ0) is 30.6. The van der Waals surface area contributed by atoms with Gasteiger partial charge in [-0.3, -0.25) is 0 Å². The van der Waals surface area contributed by atoms with Crippen LogP contribution in [0.5, 0.6) is 5.75 Å². The smallest absolute Gasteiger partial charge is 0.406 e. The van der Waals surface area contributed by atoms with Crippen LogP contribution in [0.1, 0.15) is 58.4 Å². The third-order valence-corrected chi connectivity index (χ3v) is 9.14. The summed E-state index contributed by atoms with van der Waals surface area (Å²) >= 11 is 1.68. The van der Waals surface area contributed by atoms with Crippen LogP contribution in [-0.4, -0.2) is 55.1 Å². The van der Waals surface area contributed by atoms with Crippen LogP contribution in [0.4, 0.5) is 18.0 Å². The number of carbonyl (C=O) groups is 1. The molecular weight excluding hydrogens is 577 g/mol. The van der Waals surface area contributed by atoms with E-state index in [9.17, 15) is 18.0 Å². The van der Waals surface area contributed by atoms with Crippen molar-refractivity contribution < 1.29 is 22.7 Å². The topological polar surface area (TPSA) is 84.6 Å². The molecule has 3 aromatic rings. The summed E-state index contributed by atoms with van der Waals surface area (Å²) in [7, 11) is 0. The fraction of sp³-hybridized carbons (Fsp3) is 0.484. The molecule has 2 amide bonds. The number of aromatic nitrogens is 3. The van der Waals surface area contributed by atoms with Gasteiger partial charge in [0.25, 0.3) is 0 Å². The molecule has 2 aromatic carbocycles. The Morgan fingerprint density at radius 1 is 1.09 bits per heavy atom. The summed E-state index contributed by atoms with van der Waals surface area (Å²) in [5, 5.41) is 8.22. The third-order valence-electron chi connectivity index (χ3n) is 8.14. The van der Waals surface area contributed by atoms with Crippen LogP contribution >= 0.6 is 11.8 Å². The lowest BCUT2D eigenvalue weighted by Gasteiger charge is -2.47. The standard InChI is InChI=1S/C31H37F3N6O2S/c1-20(2)26-6-4-5-7-27(26)40-21(3)16-17-43-30(40)37-29(41)35-18-22-8-10-23(11-9-22)28-36-19-39(38-28)24-12-14-25(15-13-24)42-31(32,33)34/h8-15,19-21,26-27H,4-7,16-18H2,1-3H3,(H,35,41)/b37-30-. The molecule has 230 valence electrons. The molecule has 0 spiro atoms. The number of rotatable bonds is 7. The molecule has 8 nitrogen and oxygen atoms in total. The highest BCUT2D eigenvalue weighted by Crippen LogP contribution is 2.38. The van der Waals surface area contributed by atoms with Crippen molar-refractivity contribution in [2.24, 2.45) is 16.8 Å². The van der Waals surface area contributed by atoms with Gasteiger partial charge in [-0.1, -0.05) is 62.7 Å². The van der Waals surface area contributed by atoms with Crippen LogP contribution in [0, 0.1) is 11.8 Å². The molecule has 3 atom stereocenters. The third kappa shape index (κ3) is 7.90. The van der Waals surface area contributed by atoms with Crippen LogP contribution in [0.2, 0.25) is 0 Å². The van der Waals surface area contributed by atoms with Crippen molar-refractivity contribution in [3.63, 3.8) is 0 Å². The number of alkyl halides is 3. The summed E-state index contributed by atoms with van der Waals surface area (Å²) in [6.07, 6.45) is 2.72. The van der Waals surface area contributed by atoms with E-state index in [-0.39, 0.29) is 11.8 Å². The second-order valence-electron chi connectivity index (χ2n) is 11.5. The van der Waals surface area contributed by atoms with Crippen molar-refractivity contribution in [2.45, 2.75) is 77.9 Å². The van der Waals surface area contributed by atoms with E-state index in [2.05, 4.69) is 50.8 Å². The molecule has 0 radical (unpaired) electrons. The van der Waals surface area contributed by atoms with E-state index in [1.807, 2.05) is 24.3 Å². The number of amides is 2. The van der Waals surface area contributed by atoms with Crippen LogP contribution in [0.3, 0.4) is 0 Å². The zero-order valence-corrected chi connectivity index (χ0v) is 25.4. The maximum atomic E-state index is 12.9. The van der Waals surface area contributed by atoms with Gasteiger partial charge in [0.05, 0.1) is 5.69 Å². The fourth-order valence-electron chi connectivity index (χ4n) is 5.94. The average molecular weight is 615 g/mol. The lowest BCUT2D eigenvalue weighted by Crippen LogP contribution is -2.53. The number of nitrogens with zero attached hydrogens (tertiary/aromatic N) is 5. The highest BCUT2D eigenvalue weighted by Gasteiger charge is 2.38. The quantitative estimate of drug-likeness (QED) is 0.298. The van der Waals surface area contributed by atoms with Crippen molar-refractivity contribution in [1.29, 1.82) is 0 Å². The van der Waals surface area contributed by atoms with E-state index < -0.39 is 6.36 Å². The van der Waals surface area contributed by atoms with Gasteiger partial charge in [0.1, 0.15) is 12.1 Å². The van der Waals surface area contributed by atoms with Gasteiger partial charge < -0.3 is 15.0 Å². The van der Waals surface area contributed by atoms with Gasteiger partial charge in [-0.2, -0.15) is 4.99 Å². The van der Waals surface area contributed by atoms with E-state index in [1.54, 1.807) is 11.8 Å². The largest absolute Gasteiger partial charge is 0.573 e. The van der Waals surface area contributed by atoms with E-state index in [4.69, 9.17) is 0 Å². The first-order valence-corrected chi connectivity index (χ1v) is 15.7. The molecule has 2 heterocycles. The summed E-state index contributed by atoms with van der Waals surface area (Å²) < 4.78 is 42.6. The minimum Gasteiger partial charge on any atom is -0.406 e. The molecule has 3 unspecified atom stereocenters. The van der Waals surface area contributed by atoms with Gasteiger partial charge in [-0.15, -0.1) is 18.3 Å². The molecule has 1 aromatic heterocycles. The van der Waals surface area contributed by atoms with Crippen LogP contribution in [0.15, 0.2) is 59.9 Å². The Balaban J connectivity index is 1.20. The lowest BCUT2D eigenvalue weighted by molar-refractivity contribution is -0.274. The normalized spacial score (nSPS) is 22.2. The number of hydrogen-bond donors (Lipinski definition) is 1. The maximum absolute atomic E-state index is 12.9. The molecule has 12 heteroatoms. The van der Waals surface area contributed by atoms with Gasteiger partial charge in [0.2, 0.25) is 0 Å². The number of aliphatic imine (C=N–C) groups is 1. The number of hydrogen-bond acceptors (Lipinski definition) is 5. The Morgan fingerprint density at radius 3 is 2.51 bits per heavy atom.